The fourth-order valence-corrected chi connectivity index (χ4v) is 3.39. The van der Waals surface area contributed by atoms with Gasteiger partial charge in [-0.15, -0.1) is 11.3 Å². The monoisotopic (exact) mass is 314 g/mol. The summed E-state index contributed by atoms with van der Waals surface area (Å²) in [6, 6.07) is 5.01. The molecule has 2 aromatic rings. The van der Waals surface area contributed by atoms with Gasteiger partial charge < -0.3 is 5.73 Å². The van der Waals surface area contributed by atoms with Gasteiger partial charge in [-0.2, -0.15) is 0 Å². The Morgan fingerprint density at radius 1 is 1.21 bits per heavy atom. The van der Waals surface area contributed by atoms with Gasteiger partial charge in [0.25, 0.3) is 0 Å². The second-order valence-electron chi connectivity index (χ2n) is 5.43. The number of hydrogen-bond acceptors (Lipinski definition) is 3. The number of nitrogens with two attached hydrogens (primary N) is 1. The van der Waals surface area contributed by atoms with Gasteiger partial charge in [-0.25, -0.2) is 4.98 Å². The van der Waals surface area contributed by atoms with Crippen LogP contribution in [0.5, 0.6) is 0 Å². The molecule has 2 N–H and O–H groups in total. The minimum absolute atomic E-state index is 0.0126. The number of benzene rings is 1. The molecule has 1 unspecified atom stereocenters. The average molecular weight is 315 g/mol. The molecule has 2 rings (SSSR count). The van der Waals surface area contributed by atoms with Crippen LogP contribution in [0.2, 0.25) is 10.0 Å². The summed E-state index contributed by atoms with van der Waals surface area (Å²) in [5, 5.41) is 4.03. The maximum absolute atomic E-state index is 6.25. The van der Waals surface area contributed by atoms with Crippen LogP contribution in [-0.4, -0.2) is 4.98 Å². The minimum Gasteiger partial charge on any atom is -0.318 e. The van der Waals surface area contributed by atoms with Gasteiger partial charge in [0.2, 0.25) is 0 Å². The van der Waals surface area contributed by atoms with E-state index in [9.17, 15) is 0 Å². The van der Waals surface area contributed by atoms with E-state index in [4.69, 9.17) is 28.9 Å². The highest BCUT2D eigenvalue weighted by atomic mass is 35.5. The molecule has 1 heterocycles. The smallest absolute Gasteiger partial charge is 0.114 e. The quantitative estimate of drug-likeness (QED) is 0.865. The molecule has 0 fully saturated rings. The molecule has 0 amide bonds. The van der Waals surface area contributed by atoms with Crippen LogP contribution in [0, 0.1) is 0 Å². The van der Waals surface area contributed by atoms with Crippen molar-refractivity contribution in [2.24, 2.45) is 5.73 Å². The first-order valence-electron chi connectivity index (χ1n) is 5.96. The van der Waals surface area contributed by atoms with Crippen LogP contribution < -0.4 is 5.73 Å². The van der Waals surface area contributed by atoms with Gasteiger partial charge in [0.1, 0.15) is 5.01 Å². The molecule has 1 atom stereocenters. The first-order chi connectivity index (χ1) is 8.80. The van der Waals surface area contributed by atoms with E-state index in [0.29, 0.717) is 10.0 Å². The Hall–Kier alpha value is -0.610. The zero-order valence-electron chi connectivity index (χ0n) is 11.1. The molecule has 19 heavy (non-hydrogen) atoms. The highest BCUT2D eigenvalue weighted by molar-refractivity contribution is 7.09. The zero-order chi connectivity index (χ0) is 14.2. The van der Waals surface area contributed by atoms with Crippen LogP contribution in [0.1, 0.15) is 43.1 Å². The molecular formula is C14H16Cl2N2S. The van der Waals surface area contributed by atoms with Crippen molar-refractivity contribution in [2.75, 3.05) is 0 Å². The van der Waals surface area contributed by atoms with E-state index >= 15 is 0 Å². The van der Waals surface area contributed by atoms with E-state index < -0.39 is 0 Å². The Balaban J connectivity index is 2.40. The fourth-order valence-electron chi connectivity index (χ4n) is 1.71. The molecule has 0 saturated carbocycles. The maximum atomic E-state index is 6.25. The Morgan fingerprint density at radius 2 is 1.79 bits per heavy atom. The van der Waals surface area contributed by atoms with Crippen molar-refractivity contribution < 1.29 is 0 Å². The van der Waals surface area contributed by atoms with Crippen LogP contribution in [0.15, 0.2) is 23.6 Å². The Morgan fingerprint density at radius 3 is 2.26 bits per heavy atom. The molecule has 1 aromatic carbocycles. The van der Waals surface area contributed by atoms with Crippen molar-refractivity contribution in [3.63, 3.8) is 0 Å². The van der Waals surface area contributed by atoms with E-state index in [0.717, 1.165) is 16.3 Å². The molecule has 0 aliphatic heterocycles. The van der Waals surface area contributed by atoms with Crippen molar-refractivity contribution >= 4 is 34.5 Å². The standard InChI is InChI=1S/C14H16Cl2N2S/c1-14(2,3)10-7-19-13(18-10)12(17)11-8(15)5-4-6-9(11)16/h4-7,12H,17H2,1-3H3. The maximum Gasteiger partial charge on any atom is 0.114 e. The van der Waals surface area contributed by atoms with Gasteiger partial charge in [0.05, 0.1) is 11.7 Å². The predicted octanol–water partition coefficient (Wildman–Crippen LogP) is 4.80. The molecule has 1 aromatic heterocycles. The zero-order valence-corrected chi connectivity index (χ0v) is 13.4. The highest BCUT2D eigenvalue weighted by Crippen LogP contribution is 2.35. The van der Waals surface area contributed by atoms with Crippen LogP contribution in [0.4, 0.5) is 0 Å². The molecule has 102 valence electrons. The van der Waals surface area contributed by atoms with E-state index in [2.05, 4.69) is 25.8 Å². The fraction of sp³-hybridized carbons (Fsp3) is 0.357. The summed E-state index contributed by atoms with van der Waals surface area (Å²) >= 11 is 13.9. The number of thiazole rings is 1. The third-order valence-corrected chi connectivity index (χ3v) is 4.45. The van der Waals surface area contributed by atoms with Crippen LogP contribution in [0.25, 0.3) is 0 Å². The summed E-state index contributed by atoms with van der Waals surface area (Å²) < 4.78 is 0. The first kappa shape index (κ1) is 14.8. The van der Waals surface area contributed by atoms with Gasteiger partial charge in [0.15, 0.2) is 0 Å². The normalized spacial score (nSPS) is 13.6. The molecule has 0 aliphatic rings. The molecule has 2 nitrogen and oxygen atoms in total. The lowest BCUT2D eigenvalue weighted by Crippen LogP contribution is -2.15. The molecule has 0 saturated heterocycles. The molecule has 5 heteroatoms. The van der Waals surface area contributed by atoms with Crippen molar-refractivity contribution in [1.29, 1.82) is 0 Å². The van der Waals surface area contributed by atoms with Crippen molar-refractivity contribution in [2.45, 2.75) is 32.2 Å². The topological polar surface area (TPSA) is 38.9 Å². The lowest BCUT2D eigenvalue weighted by molar-refractivity contribution is 0.569. The van der Waals surface area contributed by atoms with E-state index in [1.54, 1.807) is 23.5 Å². The predicted molar refractivity (Wildman–Crippen MR) is 83.3 cm³/mol. The number of hydrogen-bond donors (Lipinski definition) is 1. The summed E-state index contributed by atoms with van der Waals surface area (Å²) in [7, 11) is 0. The third-order valence-electron chi connectivity index (χ3n) is 2.87. The van der Waals surface area contributed by atoms with Gasteiger partial charge in [0, 0.05) is 26.4 Å². The number of rotatable bonds is 2. The Bertz CT molecular complexity index is 567. The summed E-state index contributed by atoms with van der Waals surface area (Å²) in [6.07, 6.45) is 0. The van der Waals surface area contributed by atoms with Gasteiger partial charge in [-0.3, -0.25) is 0 Å². The SMILES string of the molecule is CC(C)(C)c1csc(C(N)c2c(Cl)cccc2Cl)n1. The molecule has 0 spiro atoms. The second-order valence-corrected chi connectivity index (χ2v) is 7.14. The lowest BCUT2D eigenvalue weighted by Gasteiger charge is -2.15. The van der Waals surface area contributed by atoms with Crippen LogP contribution in [0.3, 0.4) is 0 Å². The number of halogens is 2. The third kappa shape index (κ3) is 3.11. The van der Waals surface area contributed by atoms with Gasteiger partial charge >= 0.3 is 0 Å². The van der Waals surface area contributed by atoms with Crippen molar-refractivity contribution in [3.8, 4) is 0 Å². The highest BCUT2D eigenvalue weighted by Gasteiger charge is 2.22. The Labute approximate surface area is 127 Å². The van der Waals surface area contributed by atoms with Gasteiger partial charge in [-0.05, 0) is 12.1 Å². The summed E-state index contributed by atoms with van der Waals surface area (Å²) in [5.41, 5.74) is 8.04. The average Bonchev–Trinajstić information content (AvgIpc) is 2.77. The van der Waals surface area contributed by atoms with E-state index in [-0.39, 0.29) is 11.5 Å². The van der Waals surface area contributed by atoms with Gasteiger partial charge in [-0.1, -0.05) is 50.0 Å². The molecule has 0 bridgehead atoms. The lowest BCUT2D eigenvalue weighted by atomic mass is 9.93. The largest absolute Gasteiger partial charge is 0.318 e. The van der Waals surface area contributed by atoms with Crippen LogP contribution in [-0.2, 0) is 5.41 Å². The summed E-state index contributed by atoms with van der Waals surface area (Å²) in [6.45, 7) is 6.37. The summed E-state index contributed by atoms with van der Waals surface area (Å²) in [4.78, 5) is 4.62. The van der Waals surface area contributed by atoms with E-state index in [1.165, 1.54) is 0 Å². The molecule has 0 radical (unpaired) electrons. The van der Waals surface area contributed by atoms with E-state index in [1.807, 2.05) is 11.4 Å². The van der Waals surface area contributed by atoms with Crippen molar-refractivity contribution in [1.82, 2.24) is 4.98 Å². The van der Waals surface area contributed by atoms with Crippen molar-refractivity contribution in [3.05, 3.63) is 49.9 Å². The first-order valence-corrected chi connectivity index (χ1v) is 7.59. The Kier molecular flexibility index (Phi) is 4.21. The number of nitrogens with zero attached hydrogens (tertiary/aromatic N) is 1. The molecule has 0 aliphatic carbocycles. The number of aromatic nitrogens is 1. The molecular weight excluding hydrogens is 299 g/mol. The minimum atomic E-state index is -0.387. The summed E-state index contributed by atoms with van der Waals surface area (Å²) in [5.74, 6) is 0. The van der Waals surface area contributed by atoms with Crippen LogP contribution >= 0.6 is 34.5 Å². The second kappa shape index (κ2) is 5.41.